The van der Waals surface area contributed by atoms with Gasteiger partial charge in [-0.2, -0.15) is 0 Å². The van der Waals surface area contributed by atoms with Crippen LogP contribution in [0.3, 0.4) is 0 Å². The molecule has 0 bridgehead atoms. The molecule has 0 aromatic heterocycles. The standard InChI is InChI=1S/C14H29.C3H4O4.2K.Li/c1-5-6-7-8-9-10-11-12-14(4)13(2)3;4-2(5)1-3(6)7;;;/h13H,5-12H2,1-4H3;1H2,(H,4,5)(H,6,7);;;/q;;2*+1;/p-2. The summed E-state index contributed by atoms with van der Waals surface area (Å²) in [6, 6.07) is 0. The molecule has 1 atom stereocenters. The molecule has 0 aliphatic rings. The first-order valence-electron chi connectivity index (χ1n) is 8.53. The zero-order chi connectivity index (χ0) is 17.6. The van der Waals surface area contributed by atoms with Gasteiger partial charge < -0.3 is 19.8 Å². The van der Waals surface area contributed by atoms with E-state index in [0.717, 1.165) is 5.92 Å². The Bertz CT molecular complexity index is 299. The van der Waals surface area contributed by atoms with Gasteiger partial charge in [0.25, 0.3) is 0 Å². The number of rotatable bonds is 11. The van der Waals surface area contributed by atoms with Crippen LogP contribution in [0.15, 0.2) is 0 Å². The molecule has 4 nitrogen and oxygen atoms in total. The molecule has 0 amide bonds. The zero-order valence-corrected chi connectivity index (χ0v) is 23.3. The second kappa shape index (κ2) is 22.1. The summed E-state index contributed by atoms with van der Waals surface area (Å²) in [5.41, 5.74) is 0. The van der Waals surface area contributed by atoms with Gasteiger partial charge in [0.1, 0.15) is 0 Å². The van der Waals surface area contributed by atoms with Crippen LogP contribution >= 0.6 is 0 Å². The van der Waals surface area contributed by atoms with Crippen molar-refractivity contribution in [2.24, 2.45) is 5.92 Å². The van der Waals surface area contributed by atoms with Crippen molar-refractivity contribution in [1.82, 2.24) is 0 Å². The van der Waals surface area contributed by atoms with E-state index in [1.54, 1.807) is 0 Å². The van der Waals surface area contributed by atoms with Gasteiger partial charge >= 0.3 is 210 Å². The molecular formula is C17H31K2LiO4. The molecule has 1 unspecified atom stereocenters. The summed E-state index contributed by atoms with van der Waals surface area (Å²) in [7, 11) is 0. The maximum absolute atomic E-state index is 9.28. The fourth-order valence-electron chi connectivity index (χ4n) is 1.94. The number of carbonyl (C=O) groups is 2. The van der Waals surface area contributed by atoms with E-state index in [4.69, 9.17) is 0 Å². The number of carbonyl (C=O) groups excluding carboxylic acids is 2. The third kappa shape index (κ3) is 27.0. The summed E-state index contributed by atoms with van der Waals surface area (Å²) in [5, 5.41) is 18.6. The Hall–Kier alpha value is 2.81. The average molecular weight is 385 g/mol. The number of unbranched alkanes of at least 4 members (excludes halogenated alkanes) is 6. The van der Waals surface area contributed by atoms with E-state index in [1.165, 1.54) is 51.4 Å². The monoisotopic (exact) mass is 384 g/mol. The fourth-order valence-corrected chi connectivity index (χ4v) is 1.94. The van der Waals surface area contributed by atoms with E-state index < -0.39 is 18.4 Å². The van der Waals surface area contributed by atoms with Crippen molar-refractivity contribution in [1.29, 1.82) is 0 Å². The van der Waals surface area contributed by atoms with Gasteiger partial charge in [0.2, 0.25) is 0 Å². The summed E-state index contributed by atoms with van der Waals surface area (Å²) in [4.78, 5) is 18.6. The molecule has 0 saturated heterocycles. The van der Waals surface area contributed by atoms with Crippen molar-refractivity contribution in [2.75, 3.05) is 0 Å². The number of aliphatic carboxylic acids is 2. The van der Waals surface area contributed by atoms with Crippen LogP contribution in [0.25, 0.3) is 0 Å². The van der Waals surface area contributed by atoms with E-state index in [2.05, 4.69) is 45.4 Å². The second-order valence-electron chi connectivity index (χ2n) is 6.94. The van der Waals surface area contributed by atoms with Crippen molar-refractivity contribution in [2.45, 2.75) is 89.6 Å². The molecule has 0 aromatic rings. The molecule has 0 saturated carbocycles. The minimum atomic E-state index is -1.63. The molecule has 0 heterocycles. The molecule has 0 N–H and O–H groups in total. The van der Waals surface area contributed by atoms with Crippen molar-refractivity contribution in [3.63, 3.8) is 0 Å². The fraction of sp³-hybridized carbons (Fsp3) is 0.882. The quantitative estimate of drug-likeness (QED) is 0.207. The van der Waals surface area contributed by atoms with E-state index in [0.29, 0.717) is 4.09 Å². The number of hydrogen-bond donors (Lipinski definition) is 0. The normalized spacial score (nSPS) is 12.1. The van der Waals surface area contributed by atoms with Crippen LogP contribution in [-0.2, 0) is 9.59 Å². The van der Waals surface area contributed by atoms with Crippen molar-refractivity contribution < 1.29 is 123 Å². The third-order valence-corrected chi connectivity index (χ3v) is 4.28. The average Bonchev–Trinajstić information content (AvgIpc) is 2.36. The molecule has 0 radical (unpaired) electrons. The Morgan fingerprint density at radius 1 is 0.917 bits per heavy atom. The topological polar surface area (TPSA) is 80.3 Å². The van der Waals surface area contributed by atoms with Gasteiger partial charge in [-0.3, -0.25) is 0 Å². The Morgan fingerprint density at radius 2 is 1.29 bits per heavy atom. The summed E-state index contributed by atoms with van der Waals surface area (Å²) in [6.07, 6.45) is 10.4. The van der Waals surface area contributed by atoms with Crippen LogP contribution in [0, 0.1) is 5.92 Å². The van der Waals surface area contributed by atoms with Gasteiger partial charge in [0.15, 0.2) is 0 Å². The van der Waals surface area contributed by atoms with Crippen LogP contribution in [0.2, 0.25) is 4.09 Å². The van der Waals surface area contributed by atoms with Gasteiger partial charge in [0.05, 0.1) is 0 Å². The van der Waals surface area contributed by atoms with Crippen molar-refractivity contribution >= 4 is 29.7 Å². The van der Waals surface area contributed by atoms with Gasteiger partial charge in [0, 0.05) is 18.4 Å². The first kappa shape index (κ1) is 34.3. The van der Waals surface area contributed by atoms with E-state index in [1.807, 2.05) is 0 Å². The SMILES string of the molecule is O=C([O-])CC(=O)[O-].[K+].[K+].[Li][C](C)(CCCCCCCCC)C(C)C. The van der Waals surface area contributed by atoms with Gasteiger partial charge in [-0.1, -0.05) is 0 Å². The first-order chi connectivity index (χ1) is 10.1. The van der Waals surface area contributed by atoms with Crippen molar-refractivity contribution in [3.8, 4) is 0 Å². The van der Waals surface area contributed by atoms with Crippen LogP contribution in [0.4, 0.5) is 0 Å². The molecule has 0 aliphatic heterocycles. The van der Waals surface area contributed by atoms with Gasteiger partial charge in [-0.25, -0.2) is 0 Å². The third-order valence-electron chi connectivity index (χ3n) is 4.28. The predicted octanol–water partition coefficient (Wildman–Crippen LogP) is -3.99. The molecule has 0 aliphatic carbocycles. The van der Waals surface area contributed by atoms with Crippen LogP contribution < -0.4 is 113 Å². The Kier molecular flexibility index (Phi) is 31.6. The summed E-state index contributed by atoms with van der Waals surface area (Å²) in [5.74, 6) is -2.43. The molecule has 0 aromatic carbocycles. The second-order valence-corrected chi connectivity index (χ2v) is 6.94. The van der Waals surface area contributed by atoms with E-state index >= 15 is 0 Å². The predicted molar refractivity (Wildman–Crippen MR) is 86.2 cm³/mol. The van der Waals surface area contributed by atoms with Gasteiger partial charge in [-0.15, -0.1) is 0 Å². The van der Waals surface area contributed by atoms with Crippen molar-refractivity contribution in [3.05, 3.63) is 0 Å². The van der Waals surface area contributed by atoms with Crippen LogP contribution in [0.5, 0.6) is 0 Å². The Balaban J connectivity index is -0.000000191. The molecule has 0 fully saturated rings. The number of hydrogen-bond acceptors (Lipinski definition) is 4. The van der Waals surface area contributed by atoms with Crippen LogP contribution in [0.1, 0.15) is 85.5 Å². The molecule has 7 heteroatoms. The van der Waals surface area contributed by atoms with E-state index in [9.17, 15) is 19.8 Å². The van der Waals surface area contributed by atoms with E-state index in [-0.39, 0.29) is 103 Å². The number of carboxylic acids is 2. The summed E-state index contributed by atoms with van der Waals surface area (Å²) >= 11 is 2.41. The Labute approximate surface area is 243 Å². The summed E-state index contributed by atoms with van der Waals surface area (Å²) in [6.45, 7) is 9.39. The number of carboxylic acid groups (broad SMARTS) is 2. The molecule has 24 heavy (non-hydrogen) atoms. The zero-order valence-electron chi connectivity index (χ0n) is 17.1. The molecule has 0 spiro atoms. The minimum absolute atomic E-state index is 0. The van der Waals surface area contributed by atoms with Gasteiger partial charge in [-0.05, 0) is 0 Å². The Morgan fingerprint density at radius 3 is 1.58 bits per heavy atom. The molecular weight excluding hydrogens is 353 g/mol. The molecule has 126 valence electrons. The summed E-state index contributed by atoms with van der Waals surface area (Å²) < 4.78 is 0.545. The first-order valence-corrected chi connectivity index (χ1v) is 8.53. The molecule has 0 rings (SSSR count). The maximum atomic E-state index is 9.28. The van der Waals surface area contributed by atoms with Crippen LogP contribution in [-0.4, -0.2) is 29.7 Å².